The van der Waals surface area contributed by atoms with Crippen LogP contribution in [0.5, 0.6) is 11.8 Å². The second kappa shape index (κ2) is 8.65. The molecule has 0 amide bonds. The van der Waals surface area contributed by atoms with Crippen molar-refractivity contribution >= 4 is 37.2 Å². The van der Waals surface area contributed by atoms with E-state index in [1.165, 1.54) is 43.2 Å². The molecule has 4 aromatic rings. The maximum absolute atomic E-state index is 6.64. The molecule has 1 fully saturated rings. The Morgan fingerprint density at radius 2 is 1.77 bits per heavy atom. The Morgan fingerprint density at radius 3 is 2.52 bits per heavy atom. The predicted octanol–water partition coefficient (Wildman–Crippen LogP) is 7.53. The number of benzene rings is 3. The number of ether oxygens (including phenoxy) is 1. The standard InChI is InChI=1S/C26H26ClN2OP/c1-16-7-12-20(13-25(16)31)30-26-28-23-14-21(22(27)15-24(23)29-26)19-10-8-18(9-11-19)17-5-3-2-4-6-17/h7-15,17H,2-6,31H2,1H3,(H,28,29). The SMILES string of the molecule is Cc1ccc(Oc2nc3cc(-c4ccc(C5CCCCC5)cc4)c(Cl)cc3[nH]2)cc1P. The Morgan fingerprint density at radius 1 is 1.00 bits per heavy atom. The van der Waals surface area contributed by atoms with Crippen LogP contribution in [0.2, 0.25) is 5.02 Å². The van der Waals surface area contributed by atoms with Crippen LogP contribution in [0.1, 0.15) is 49.1 Å². The highest BCUT2D eigenvalue weighted by atomic mass is 35.5. The molecule has 1 heterocycles. The first kappa shape index (κ1) is 20.5. The van der Waals surface area contributed by atoms with Crippen molar-refractivity contribution in [2.75, 3.05) is 0 Å². The van der Waals surface area contributed by atoms with Gasteiger partial charge in [-0.3, -0.25) is 0 Å². The summed E-state index contributed by atoms with van der Waals surface area (Å²) in [6.07, 6.45) is 6.68. The maximum Gasteiger partial charge on any atom is 0.300 e. The number of hydrogen-bond donors (Lipinski definition) is 1. The van der Waals surface area contributed by atoms with Gasteiger partial charge in [-0.1, -0.05) is 61.2 Å². The smallest absolute Gasteiger partial charge is 0.300 e. The third-order valence-corrected chi connectivity index (χ3v) is 7.25. The number of nitrogens with zero attached hydrogens (tertiary/aromatic N) is 1. The first-order valence-corrected chi connectivity index (χ1v) is 11.9. The van der Waals surface area contributed by atoms with Gasteiger partial charge in [-0.05, 0) is 71.9 Å². The van der Waals surface area contributed by atoms with Gasteiger partial charge in [-0.15, -0.1) is 9.24 Å². The Kier molecular flexibility index (Phi) is 5.73. The zero-order valence-corrected chi connectivity index (χ0v) is 19.5. The number of imidazole rings is 1. The zero-order valence-electron chi connectivity index (χ0n) is 17.6. The van der Waals surface area contributed by atoms with Crippen molar-refractivity contribution in [3.8, 4) is 22.9 Å². The maximum atomic E-state index is 6.64. The Balaban J connectivity index is 1.41. The first-order chi connectivity index (χ1) is 15.1. The molecule has 1 unspecified atom stereocenters. The van der Waals surface area contributed by atoms with Crippen molar-refractivity contribution < 1.29 is 4.74 Å². The molecule has 3 aromatic carbocycles. The highest BCUT2D eigenvalue weighted by Crippen LogP contribution is 2.36. The van der Waals surface area contributed by atoms with Gasteiger partial charge in [0.1, 0.15) is 5.75 Å². The van der Waals surface area contributed by atoms with Crippen LogP contribution < -0.4 is 10.0 Å². The third kappa shape index (κ3) is 4.35. The fourth-order valence-corrected chi connectivity index (χ4v) is 4.97. The van der Waals surface area contributed by atoms with Crippen LogP contribution in [-0.4, -0.2) is 9.97 Å². The average Bonchev–Trinajstić information content (AvgIpc) is 3.17. The number of aryl methyl sites for hydroxylation is 1. The van der Waals surface area contributed by atoms with Crippen LogP contribution in [0.3, 0.4) is 0 Å². The van der Waals surface area contributed by atoms with Crippen molar-refractivity contribution in [2.45, 2.75) is 44.9 Å². The van der Waals surface area contributed by atoms with Crippen molar-refractivity contribution in [1.82, 2.24) is 9.97 Å². The molecule has 31 heavy (non-hydrogen) atoms. The van der Waals surface area contributed by atoms with Gasteiger partial charge in [0, 0.05) is 5.56 Å². The van der Waals surface area contributed by atoms with Crippen LogP contribution in [0, 0.1) is 6.92 Å². The minimum atomic E-state index is 0.462. The molecular weight excluding hydrogens is 423 g/mol. The van der Waals surface area contributed by atoms with Crippen molar-refractivity contribution in [3.05, 3.63) is 70.7 Å². The number of fused-ring (bicyclic) bond motifs is 1. The number of aromatic amines is 1. The van der Waals surface area contributed by atoms with Gasteiger partial charge in [0.25, 0.3) is 6.01 Å². The van der Waals surface area contributed by atoms with Crippen molar-refractivity contribution in [2.24, 2.45) is 0 Å². The van der Waals surface area contributed by atoms with Gasteiger partial charge in [-0.2, -0.15) is 4.98 Å². The number of hydrogen-bond acceptors (Lipinski definition) is 2. The molecule has 0 bridgehead atoms. The van der Waals surface area contributed by atoms with E-state index in [9.17, 15) is 0 Å². The molecule has 1 atom stereocenters. The van der Waals surface area contributed by atoms with E-state index in [0.717, 1.165) is 33.2 Å². The molecular formula is C26H26ClN2OP. The van der Waals surface area contributed by atoms with Gasteiger partial charge in [0.05, 0.1) is 16.1 Å². The molecule has 1 saturated carbocycles. The topological polar surface area (TPSA) is 37.9 Å². The highest BCUT2D eigenvalue weighted by Gasteiger charge is 2.16. The molecule has 1 aliphatic rings. The highest BCUT2D eigenvalue weighted by molar-refractivity contribution is 7.27. The van der Waals surface area contributed by atoms with Gasteiger partial charge in [-0.25, -0.2) is 0 Å². The van der Waals surface area contributed by atoms with Gasteiger partial charge in [0.2, 0.25) is 0 Å². The minimum Gasteiger partial charge on any atom is -0.426 e. The quantitative estimate of drug-likeness (QED) is 0.327. The summed E-state index contributed by atoms with van der Waals surface area (Å²) in [4.78, 5) is 7.86. The van der Waals surface area contributed by atoms with E-state index in [-0.39, 0.29) is 0 Å². The molecule has 1 N–H and O–H groups in total. The largest absolute Gasteiger partial charge is 0.426 e. The fraction of sp³-hybridized carbons (Fsp3) is 0.269. The van der Waals surface area contributed by atoms with Gasteiger partial charge >= 0.3 is 0 Å². The van der Waals surface area contributed by atoms with E-state index < -0.39 is 0 Å². The van der Waals surface area contributed by atoms with E-state index in [4.69, 9.17) is 16.3 Å². The summed E-state index contributed by atoms with van der Waals surface area (Å²) in [6.45, 7) is 2.07. The van der Waals surface area contributed by atoms with E-state index in [2.05, 4.69) is 50.4 Å². The summed E-state index contributed by atoms with van der Waals surface area (Å²) in [5, 5.41) is 1.81. The normalized spacial score (nSPS) is 14.8. The summed E-state index contributed by atoms with van der Waals surface area (Å²) < 4.78 is 5.94. The number of rotatable bonds is 4. The van der Waals surface area contributed by atoms with E-state index >= 15 is 0 Å². The fourth-order valence-electron chi connectivity index (χ4n) is 4.44. The van der Waals surface area contributed by atoms with Gasteiger partial charge < -0.3 is 9.72 Å². The summed E-state index contributed by atoms with van der Waals surface area (Å²) >= 11 is 6.64. The Labute approximate surface area is 190 Å². The van der Waals surface area contributed by atoms with Crippen LogP contribution in [-0.2, 0) is 0 Å². The minimum absolute atomic E-state index is 0.462. The lowest BCUT2D eigenvalue weighted by Crippen LogP contribution is -2.04. The lowest BCUT2D eigenvalue weighted by molar-refractivity contribution is 0.443. The number of aromatic nitrogens is 2. The molecule has 0 saturated heterocycles. The predicted molar refractivity (Wildman–Crippen MR) is 133 cm³/mol. The van der Waals surface area contributed by atoms with Crippen molar-refractivity contribution in [1.29, 1.82) is 0 Å². The number of nitrogens with one attached hydrogen (secondary N) is 1. The summed E-state index contributed by atoms with van der Waals surface area (Å²) in [7, 11) is 2.73. The molecule has 1 aromatic heterocycles. The summed E-state index contributed by atoms with van der Waals surface area (Å²) in [6, 6.07) is 19.3. The molecule has 0 aliphatic heterocycles. The molecule has 3 nitrogen and oxygen atoms in total. The summed E-state index contributed by atoms with van der Waals surface area (Å²) in [5.41, 5.74) is 6.45. The lowest BCUT2D eigenvalue weighted by Gasteiger charge is -2.22. The molecule has 1 aliphatic carbocycles. The van der Waals surface area contributed by atoms with Crippen LogP contribution in [0.4, 0.5) is 0 Å². The van der Waals surface area contributed by atoms with E-state index in [0.29, 0.717) is 17.0 Å². The average molecular weight is 449 g/mol. The second-order valence-corrected chi connectivity index (χ2v) is 9.50. The van der Waals surface area contributed by atoms with Crippen molar-refractivity contribution in [3.63, 3.8) is 0 Å². The molecule has 158 valence electrons. The number of H-pyrrole nitrogens is 1. The van der Waals surface area contributed by atoms with Crippen LogP contribution in [0.15, 0.2) is 54.6 Å². The molecule has 0 spiro atoms. The Bertz CT molecular complexity index is 1230. The van der Waals surface area contributed by atoms with E-state index in [1.54, 1.807) is 0 Å². The van der Waals surface area contributed by atoms with Crippen LogP contribution >= 0.6 is 20.8 Å². The number of halogens is 1. The van der Waals surface area contributed by atoms with Crippen LogP contribution in [0.25, 0.3) is 22.2 Å². The van der Waals surface area contributed by atoms with E-state index in [1.807, 2.05) is 30.3 Å². The second-order valence-electron chi connectivity index (χ2n) is 8.47. The monoisotopic (exact) mass is 448 g/mol. The molecule has 5 rings (SSSR count). The Hall–Kier alpha value is -2.35. The summed E-state index contributed by atoms with van der Waals surface area (Å²) in [5.74, 6) is 1.45. The lowest BCUT2D eigenvalue weighted by atomic mass is 9.84. The van der Waals surface area contributed by atoms with Gasteiger partial charge in [0.15, 0.2) is 0 Å². The third-order valence-electron chi connectivity index (χ3n) is 6.31. The molecule has 0 radical (unpaired) electrons. The first-order valence-electron chi connectivity index (χ1n) is 10.9. The molecule has 5 heteroatoms. The zero-order chi connectivity index (χ0) is 21.4.